The summed E-state index contributed by atoms with van der Waals surface area (Å²) in [5, 5.41) is 23.3. The van der Waals surface area contributed by atoms with E-state index in [0.717, 1.165) is 0 Å². The van der Waals surface area contributed by atoms with Gasteiger partial charge in [-0.25, -0.2) is 4.79 Å². The van der Waals surface area contributed by atoms with Crippen LogP contribution in [0.25, 0.3) is 0 Å². The van der Waals surface area contributed by atoms with Crippen molar-refractivity contribution in [1.29, 1.82) is 5.26 Å². The molecule has 1 rings (SSSR count). The first kappa shape index (κ1) is 19.7. The molecule has 0 saturated carbocycles. The van der Waals surface area contributed by atoms with Gasteiger partial charge in [-0.05, 0) is 36.6 Å². The summed E-state index contributed by atoms with van der Waals surface area (Å²) in [4.78, 5) is 34.2. The van der Waals surface area contributed by atoms with E-state index in [1.807, 2.05) is 13.8 Å². The molecule has 0 radical (unpaired) electrons. The lowest BCUT2D eigenvalue weighted by molar-refractivity contribution is -0.141. The van der Waals surface area contributed by atoms with E-state index in [-0.39, 0.29) is 17.9 Å². The van der Waals surface area contributed by atoms with Gasteiger partial charge in [0.25, 0.3) is 5.91 Å². The highest BCUT2D eigenvalue weighted by atomic mass is 16.4. The molecule has 0 aliphatic rings. The first-order valence-electron chi connectivity index (χ1n) is 7.55. The number of amides is 2. The first-order valence-corrected chi connectivity index (χ1v) is 7.55. The normalized spacial score (nSPS) is 12.2. The molecule has 0 aromatic heterocycles. The van der Waals surface area contributed by atoms with Gasteiger partial charge in [-0.3, -0.25) is 9.59 Å². The van der Waals surface area contributed by atoms with Crippen LogP contribution >= 0.6 is 0 Å². The second-order valence-electron chi connectivity index (χ2n) is 5.75. The summed E-state index contributed by atoms with van der Waals surface area (Å²) in [6.07, 6.45) is 1.42. The number of nitrogens with zero attached hydrogens (tertiary/aromatic N) is 1. The number of hydrogen-bond acceptors (Lipinski definition) is 5. The molecule has 1 atom stereocenters. The average Bonchev–Trinajstić information content (AvgIpc) is 2.54. The molecule has 5 N–H and O–H groups in total. The molecular weight excluding hydrogens is 324 g/mol. The Morgan fingerprint density at radius 3 is 2.32 bits per heavy atom. The molecule has 132 valence electrons. The summed E-state index contributed by atoms with van der Waals surface area (Å²) in [5.41, 5.74) is 5.72. The third kappa shape index (κ3) is 6.35. The van der Waals surface area contributed by atoms with Gasteiger partial charge in [-0.2, -0.15) is 5.26 Å². The number of nitrogens with two attached hydrogens (primary N) is 1. The van der Waals surface area contributed by atoms with Crippen LogP contribution in [0.5, 0.6) is 0 Å². The van der Waals surface area contributed by atoms with Gasteiger partial charge >= 0.3 is 5.97 Å². The Labute approximate surface area is 145 Å². The average molecular weight is 344 g/mol. The lowest BCUT2D eigenvalue weighted by Crippen LogP contribution is -2.42. The van der Waals surface area contributed by atoms with Crippen molar-refractivity contribution in [2.75, 3.05) is 5.32 Å². The van der Waals surface area contributed by atoms with Crippen LogP contribution in [-0.4, -0.2) is 28.9 Å². The number of primary amides is 1. The van der Waals surface area contributed by atoms with Gasteiger partial charge < -0.3 is 21.5 Å². The summed E-state index contributed by atoms with van der Waals surface area (Å²) < 4.78 is 0. The van der Waals surface area contributed by atoms with Gasteiger partial charge in [0.1, 0.15) is 17.7 Å². The van der Waals surface area contributed by atoms with Crippen molar-refractivity contribution in [3.8, 4) is 6.07 Å². The van der Waals surface area contributed by atoms with Crippen molar-refractivity contribution in [2.45, 2.75) is 26.3 Å². The van der Waals surface area contributed by atoms with E-state index >= 15 is 0 Å². The third-order valence-corrected chi connectivity index (χ3v) is 3.23. The Bertz CT molecular complexity index is 717. The zero-order chi connectivity index (χ0) is 19.0. The quantitative estimate of drug-likeness (QED) is 0.412. The molecule has 1 aromatic rings. The van der Waals surface area contributed by atoms with Crippen LogP contribution in [0.2, 0.25) is 0 Å². The van der Waals surface area contributed by atoms with Gasteiger partial charge in [0.15, 0.2) is 0 Å². The van der Waals surface area contributed by atoms with E-state index < -0.39 is 23.8 Å². The minimum Gasteiger partial charge on any atom is -0.480 e. The predicted octanol–water partition coefficient (Wildman–Crippen LogP) is 1.22. The Kier molecular flexibility index (Phi) is 7.16. The fourth-order valence-corrected chi connectivity index (χ4v) is 1.96. The summed E-state index contributed by atoms with van der Waals surface area (Å²) in [5.74, 6) is -2.44. The number of benzene rings is 1. The summed E-state index contributed by atoms with van der Waals surface area (Å²) in [7, 11) is 0. The topological polar surface area (TPSA) is 145 Å². The standard InChI is InChI=1S/C17H20N4O4/c1-10(2)7-14(17(24)25)21-16(23)12(8-18)9-20-13-5-3-11(4-6-13)15(19)22/h3-6,9-10,14,20H,7H2,1-2H3,(H2,19,22)(H,21,23)(H,24,25)/b12-9-. The highest BCUT2D eigenvalue weighted by Gasteiger charge is 2.22. The number of anilines is 1. The van der Waals surface area contributed by atoms with Crippen molar-refractivity contribution in [3.63, 3.8) is 0 Å². The van der Waals surface area contributed by atoms with E-state index in [0.29, 0.717) is 11.3 Å². The highest BCUT2D eigenvalue weighted by Crippen LogP contribution is 2.10. The second-order valence-corrected chi connectivity index (χ2v) is 5.75. The molecule has 0 aliphatic heterocycles. The van der Waals surface area contributed by atoms with Crippen LogP contribution in [0.1, 0.15) is 30.6 Å². The number of carbonyl (C=O) groups is 3. The van der Waals surface area contributed by atoms with Crippen LogP contribution in [0, 0.1) is 17.2 Å². The molecule has 8 nitrogen and oxygen atoms in total. The number of nitriles is 1. The van der Waals surface area contributed by atoms with Gasteiger partial charge in [0.05, 0.1) is 0 Å². The zero-order valence-corrected chi connectivity index (χ0v) is 13.9. The molecule has 0 aliphatic carbocycles. The maximum Gasteiger partial charge on any atom is 0.326 e. The highest BCUT2D eigenvalue weighted by molar-refractivity contribution is 5.99. The number of carbonyl (C=O) groups excluding carboxylic acids is 2. The van der Waals surface area contributed by atoms with Gasteiger partial charge in [-0.1, -0.05) is 13.8 Å². The summed E-state index contributed by atoms with van der Waals surface area (Å²) in [6, 6.07) is 6.75. The maximum atomic E-state index is 12.1. The van der Waals surface area contributed by atoms with Gasteiger partial charge in [0, 0.05) is 17.5 Å². The molecule has 1 unspecified atom stereocenters. The van der Waals surface area contributed by atoms with E-state index in [4.69, 9.17) is 16.1 Å². The van der Waals surface area contributed by atoms with E-state index in [1.165, 1.54) is 18.3 Å². The molecule has 0 heterocycles. The third-order valence-electron chi connectivity index (χ3n) is 3.23. The smallest absolute Gasteiger partial charge is 0.326 e. The monoisotopic (exact) mass is 344 g/mol. The number of nitrogens with one attached hydrogen (secondary N) is 2. The molecule has 8 heteroatoms. The fourth-order valence-electron chi connectivity index (χ4n) is 1.96. The Morgan fingerprint density at radius 1 is 1.28 bits per heavy atom. The van der Waals surface area contributed by atoms with Crippen LogP contribution in [0.3, 0.4) is 0 Å². The van der Waals surface area contributed by atoms with Crippen LogP contribution in [0.15, 0.2) is 36.0 Å². The van der Waals surface area contributed by atoms with E-state index in [1.54, 1.807) is 18.2 Å². The van der Waals surface area contributed by atoms with Gasteiger partial charge in [0.2, 0.25) is 5.91 Å². The van der Waals surface area contributed by atoms with Crippen molar-refractivity contribution in [3.05, 3.63) is 41.6 Å². The summed E-state index contributed by atoms with van der Waals surface area (Å²) in [6.45, 7) is 3.67. The SMILES string of the molecule is CC(C)CC(NC(=O)/C(C#N)=C\Nc1ccc(C(N)=O)cc1)C(=O)O. The van der Waals surface area contributed by atoms with Crippen LogP contribution in [0.4, 0.5) is 5.69 Å². The van der Waals surface area contributed by atoms with Crippen molar-refractivity contribution in [2.24, 2.45) is 11.7 Å². The minimum absolute atomic E-state index is 0.0674. The second kappa shape index (κ2) is 9.08. The molecule has 0 spiro atoms. The maximum absolute atomic E-state index is 12.1. The minimum atomic E-state index is -1.16. The molecule has 1 aromatic carbocycles. The zero-order valence-electron chi connectivity index (χ0n) is 13.9. The number of carboxylic acids is 1. The summed E-state index contributed by atoms with van der Waals surface area (Å²) >= 11 is 0. The lowest BCUT2D eigenvalue weighted by Gasteiger charge is -2.16. The van der Waals surface area contributed by atoms with Crippen LogP contribution in [-0.2, 0) is 9.59 Å². The molecular formula is C17H20N4O4. The van der Waals surface area contributed by atoms with Gasteiger partial charge in [-0.15, -0.1) is 0 Å². The first-order chi connectivity index (χ1) is 11.7. The Morgan fingerprint density at radius 2 is 1.88 bits per heavy atom. The van der Waals surface area contributed by atoms with E-state index in [9.17, 15) is 14.4 Å². The molecule has 2 amide bonds. The largest absolute Gasteiger partial charge is 0.480 e. The molecule has 0 saturated heterocycles. The number of carboxylic acid groups (broad SMARTS) is 1. The molecule has 0 fully saturated rings. The predicted molar refractivity (Wildman–Crippen MR) is 91.3 cm³/mol. The molecule has 0 bridgehead atoms. The Hall–Kier alpha value is -3.34. The van der Waals surface area contributed by atoms with E-state index in [2.05, 4.69) is 10.6 Å². The number of hydrogen-bond donors (Lipinski definition) is 4. The molecule has 25 heavy (non-hydrogen) atoms. The fraction of sp³-hybridized carbons (Fsp3) is 0.294. The number of rotatable bonds is 8. The van der Waals surface area contributed by atoms with Crippen molar-refractivity contribution >= 4 is 23.5 Å². The Balaban J connectivity index is 2.80. The van der Waals surface area contributed by atoms with Crippen molar-refractivity contribution in [1.82, 2.24) is 5.32 Å². The number of aliphatic carboxylic acids is 1. The van der Waals surface area contributed by atoms with Crippen LogP contribution < -0.4 is 16.4 Å². The van der Waals surface area contributed by atoms with Crippen molar-refractivity contribution < 1.29 is 19.5 Å². The lowest BCUT2D eigenvalue weighted by atomic mass is 10.0.